The molecule has 196 valence electrons. The van der Waals surface area contributed by atoms with Gasteiger partial charge in [-0.3, -0.25) is 9.59 Å². The van der Waals surface area contributed by atoms with Gasteiger partial charge in [-0.05, 0) is 74.3 Å². The fourth-order valence-corrected chi connectivity index (χ4v) is 5.78. The van der Waals surface area contributed by atoms with Gasteiger partial charge in [0.15, 0.2) is 0 Å². The van der Waals surface area contributed by atoms with Gasteiger partial charge in [-0.25, -0.2) is 0 Å². The molecule has 0 bridgehead atoms. The van der Waals surface area contributed by atoms with Crippen LogP contribution in [-0.4, -0.2) is 57.9 Å². The first kappa shape index (κ1) is 25.2. The van der Waals surface area contributed by atoms with Gasteiger partial charge in [0.2, 0.25) is 5.91 Å². The number of aryl methyl sites for hydroxylation is 1. The minimum Gasteiger partial charge on any atom is -0.491 e. The number of hydrogen-bond donors (Lipinski definition) is 2. The van der Waals surface area contributed by atoms with Crippen molar-refractivity contribution in [2.45, 2.75) is 64.8 Å². The molecule has 0 unspecified atom stereocenters. The van der Waals surface area contributed by atoms with Crippen molar-refractivity contribution in [3.05, 3.63) is 53.6 Å². The Balaban J connectivity index is 1.31. The summed E-state index contributed by atoms with van der Waals surface area (Å²) in [7, 11) is 0. The number of likely N-dealkylation sites (tertiary alicyclic amines) is 1. The van der Waals surface area contributed by atoms with Crippen LogP contribution in [0, 0.1) is 11.3 Å². The van der Waals surface area contributed by atoms with Gasteiger partial charge in [0, 0.05) is 18.7 Å². The molecule has 2 aliphatic heterocycles. The zero-order chi connectivity index (χ0) is 25.8. The predicted octanol–water partition coefficient (Wildman–Crippen LogP) is 4.52. The molecule has 2 aliphatic rings. The monoisotopic (exact) mass is 503 g/mol. The van der Waals surface area contributed by atoms with Crippen molar-refractivity contribution in [1.82, 2.24) is 25.6 Å². The molecule has 37 heavy (non-hydrogen) atoms. The van der Waals surface area contributed by atoms with Gasteiger partial charge in [-0.2, -0.15) is 15.4 Å². The van der Waals surface area contributed by atoms with Crippen LogP contribution in [0.3, 0.4) is 0 Å². The largest absolute Gasteiger partial charge is 0.491 e. The Labute approximate surface area is 218 Å². The number of hydrogen-bond acceptors (Lipinski definition) is 5. The van der Waals surface area contributed by atoms with E-state index >= 15 is 0 Å². The lowest BCUT2D eigenvalue weighted by Gasteiger charge is -2.42. The lowest BCUT2D eigenvalue weighted by molar-refractivity contribution is -0.135. The Bertz CT molecular complexity index is 1250. The molecule has 8 heteroatoms. The lowest BCUT2D eigenvalue weighted by atomic mass is 9.73. The van der Waals surface area contributed by atoms with Gasteiger partial charge >= 0.3 is 0 Å². The molecule has 2 aromatic carbocycles. The smallest absolute Gasteiger partial charge is 0.253 e. The number of aromatic nitrogens is 3. The second-order valence-corrected chi connectivity index (χ2v) is 11.0. The third-order valence-corrected chi connectivity index (χ3v) is 7.91. The van der Waals surface area contributed by atoms with Crippen LogP contribution in [0.5, 0.6) is 5.75 Å². The maximum absolute atomic E-state index is 13.8. The Morgan fingerprint density at radius 3 is 2.68 bits per heavy atom. The van der Waals surface area contributed by atoms with E-state index in [1.54, 1.807) is 12.1 Å². The van der Waals surface area contributed by atoms with Crippen molar-refractivity contribution in [3.8, 4) is 5.75 Å². The van der Waals surface area contributed by atoms with Gasteiger partial charge in [0.1, 0.15) is 23.4 Å². The normalized spacial score (nSPS) is 20.6. The molecule has 1 atom stereocenters. The number of H-pyrrole nitrogens is 1. The summed E-state index contributed by atoms with van der Waals surface area (Å²) in [5.41, 5.74) is 2.80. The summed E-state index contributed by atoms with van der Waals surface area (Å²) in [6.07, 6.45) is 5.95. The van der Waals surface area contributed by atoms with E-state index in [2.05, 4.69) is 46.7 Å². The molecule has 0 aliphatic carbocycles. The number of carbonyl (C=O) groups is 2. The summed E-state index contributed by atoms with van der Waals surface area (Å²) in [5, 5.41) is 14.1. The van der Waals surface area contributed by atoms with E-state index in [0.717, 1.165) is 43.4 Å². The van der Waals surface area contributed by atoms with Crippen molar-refractivity contribution in [1.29, 1.82) is 0 Å². The number of amides is 2. The van der Waals surface area contributed by atoms with E-state index in [9.17, 15) is 9.59 Å². The van der Waals surface area contributed by atoms with Crippen LogP contribution in [0.1, 0.15) is 68.3 Å². The molecule has 3 aromatic rings. The van der Waals surface area contributed by atoms with E-state index in [4.69, 9.17) is 4.74 Å². The first-order chi connectivity index (χ1) is 17.9. The van der Waals surface area contributed by atoms with Gasteiger partial charge in [0.05, 0.1) is 11.5 Å². The molecule has 8 nitrogen and oxygen atoms in total. The van der Waals surface area contributed by atoms with E-state index in [1.807, 2.05) is 23.1 Å². The van der Waals surface area contributed by atoms with Crippen molar-refractivity contribution < 1.29 is 14.3 Å². The zero-order valence-corrected chi connectivity index (χ0v) is 21.8. The number of benzene rings is 2. The number of piperidine rings is 1. The molecule has 0 saturated carbocycles. The maximum atomic E-state index is 13.8. The molecule has 5 rings (SSSR count). The van der Waals surface area contributed by atoms with Crippen molar-refractivity contribution in [3.63, 3.8) is 0 Å². The van der Waals surface area contributed by atoms with Crippen molar-refractivity contribution >= 4 is 22.8 Å². The van der Waals surface area contributed by atoms with Crippen LogP contribution < -0.4 is 10.1 Å². The number of nitrogens with zero attached hydrogens (tertiary/aromatic N) is 3. The number of carbonyl (C=O) groups excluding carboxylic acids is 2. The molecule has 0 radical (unpaired) electrons. The number of nitrogens with one attached hydrogen (secondary N) is 2. The number of ether oxygens (including phenoxy) is 1. The van der Waals surface area contributed by atoms with Crippen LogP contribution in [0.15, 0.2) is 42.5 Å². The third-order valence-electron chi connectivity index (χ3n) is 7.91. The molecule has 1 aromatic heterocycles. The predicted molar refractivity (Wildman–Crippen MR) is 142 cm³/mol. The number of fused-ring (bicyclic) bond motifs is 2. The molecule has 2 N–H and O–H groups in total. The quantitative estimate of drug-likeness (QED) is 0.548. The summed E-state index contributed by atoms with van der Waals surface area (Å²) in [6, 6.07) is 13.6. The zero-order valence-electron chi connectivity index (χ0n) is 21.8. The van der Waals surface area contributed by atoms with E-state index in [-0.39, 0.29) is 17.9 Å². The highest BCUT2D eigenvalue weighted by Crippen LogP contribution is 2.38. The molecule has 1 spiro atoms. The van der Waals surface area contributed by atoms with Gasteiger partial charge < -0.3 is 15.0 Å². The second-order valence-electron chi connectivity index (χ2n) is 11.0. The minimum absolute atomic E-state index is 0.0176. The number of aromatic amines is 1. The van der Waals surface area contributed by atoms with Gasteiger partial charge in [-0.1, -0.05) is 38.5 Å². The Morgan fingerprint density at radius 1 is 1.08 bits per heavy atom. The Hall–Kier alpha value is -3.42. The number of rotatable bonds is 3. The maximum Gasteiger partial charge on any atom is 0.253 e. The van der Waals surface area contributed by atoms with Crippen LogP contribution in [0.4, 0.5) is 0 Å². The highest BCUT2D eigenvalue weighted by atomic mass is 16.5. The molecule has 2 amide bonds. The average molecular weight is 504 g/mol. The van der Waals surface area contributed by atoms with Crippen LogP contribution in [-0.2, 0) is 11.2 Å². The topological polar surface area (TPSA) is 100 Å². The summed E-state index contributed by atoms with van der Waals surface area (Å²) < 4.78 is 6.24. The van der Waals surface area contributed by atoms with E-state index in [0.29, 0.717) is 49.5 Å². The van der Waals surface area contributed by atoms with Crippen LogP contribution in [0.25, 0.3) is 11.0 Å². The summed E-state index contributed by atoms with van der Waals surface area (Å²) in [5.74, 6) is 1.47. The second kappa shape index (κ2) is 10.9. The fourth-order valence-electron chi connectivity index (χ4n) is 5.78. The number of para-hydroxylation sites is 1. The highest BCUT2D eigenvalue weighted by Gasteiger charge is 2.42. The Morgan fingerprint density at radius 2 is 1.86 bits per heavy atom. The summed E-state index contributed by atoms with van der Waals surface area (Å²) in [4.78, 5) is 29.0. The SMILES string of the molecule is CC(C)C[C@H]1COc2ccccc2CCCCC2(CCN(C(=O)c3ccc4n[nH]nc4c3)CC2)C(=O)N1. The molecular formula is C29H37N5O3. The first-order valence-corrected chi connectivity index (χ1v) is 13.5. The highest BCUT2D eigenvalue weighted by molar-refractivity contribution is 5.97. The van der Waals surface area contributed by atoms with E-state index in [1.165, 1.54) is 5.56 Å². The van der Waals surface area contributed by atoms with Crippen LogP contribution >= 0.6 is 0 Å². The first-order valence-electron chi connectivity index (χ1n) is 13.5. The molecule has 3 heterocycles. The average Bonchev–Trinajstić information content (AvgIpc) is 3.37. The van der Waals surface area contributed by atoms with Crippen LogP contribution in [0.2, 0.25) is 0 Å². The van der Waals surface area contributed by atoms with Crippen molar-refractivity contribution in [2.24, 2.45) is 11.3 Å². The summed E-state index contributed by atoms with van der Waals surface area (Å²) >= 11 is 0. The standard InChI is InChI=1S/C29H37N5O3/c1-20(2)17-23-19-37-26-9-4-3-7-21(26)8-5-6-12-29(28(36)30-23)13-15-34(16-14-29)27(35)22-10-11-24-25(18-22)32-33-31-24/h3-4,7,9-11,18,20,23H,5-6,8,12-17,19H2,1-2H3,(H,30,36)(H,31,32,33)/t23-/m0/s1. The third kappa shape index (κ3) is 5.63. The lowest BCUT2D eigenvalue weighted by Crippen LogP contribution is -2.53. The Kier molecular flexibility index (Phi) is 7.44. The van der Waals surface area contributed by atoms with Crippen molar-refractivity contribution in [2.75, 3.05) is 19.7 Å². The molecule has 1 fully saturated rings. The summed E-state index contributed by atoms with van der Waals surface area (Å²) in [6.45, 7) is 5.94. The molecular weight excluding hydrogens is 466 g/mol. The molecule has 1 saturated heterocycles. The fraction of sp³-hybridized carbons (Fsp3) is 0.517. The van der Waals surface area contributed by atoms with Gasteiger partial charge in [0.25, 0.3) is 5.91 Å². The van der Waals surface area contributed by atoms with Gasteiger partial charge in [-0.15, -0.1) is 0 Å². The van der Waals surface area contributed by atoms with E-state index < -0.39 is 5.41 Å². The minimum atomic E-state index is -0.458.